The molecular formula is C14H15ClN2O3. The van der Waals surface area contributed by atoms with E-state index in [2.05, 4.69) is 10.2 Å². The lowest BCUT2D eigenvalue weighted by atomic mass is 10.1. The van der Waals surface area contributed by atoms with Crippen molar-refractivity contribution >= 4 is 11.6 Å². The number of ether oxygens (including phenoxy) is 2. The third-order valence-electron chi connectivity index (χ3n) is 2.68. The third-order valence-corrected chi connectivity index (χ3v) is 3.01. The molecule has 0 amide bonds. The number of nitrogens with one attached hydrogen (secondary N) is 1. The van der Waals surface area contributed by atoms with Gasteiger partial charge in [0, 0.05) is 11.6 Å². The average Bonchev–Trinajstić information content (AvgIpc) is 2.47. The number of methoxy groups -OCH3 is 1. The zero-order valence-corrected chi connectivity index (χ0v) is 12.0. The van der Waals surface area contributed by atoms with Crippen molar-refractivity contribution in [1.82, 2.24) is 10.2 Å². The topological polar surface area (TPSA) is 64.2 Å². The number of hydrogen-bond donors (Lipinski definition) is 1. The zero-order chi connectivity index (χ0) is 14.5. The van der Waals surface area contributed by atoms with Crippen molar-refractivity contribution in [1.29, 1.82) is 0 Å². The summed E-state index contributed by atoms with van der Waals surface area (Å²) in [6, 6.07) is 6.81. The first kappa shape index (κ1) is 14.4. The molecule has 1 aromatic heterocycles. The maximum atomic E-state index is 11.6. The van der Waals surface area contributed by atoms with Gasteiger partial charge in [0.1, 0.15) is 5.75 Å². The van der Waals surface area contributed by atoms with Gasteiger partial charge in [0.05, 0.1) is 24.4 Å². The molecule has 0 bridgehead atoms. The smallest absolute Gasteiger partial charge is 0.306 e. The zero-order valence-electron chi connectivity index (χ0n) is 11.3. The first-order valence-corrected chi connectivity index (χ1v) is 6.60. The number of benzene rings is 1. The van der Waals surface area contributed by atoms with Crippen LogP contribution in [-0.4, -0.2) is 23.9 Å². The minimum atomic E-state index is -0.360. The van der Waals surface area contributed by atoms with E-state index in [9.17, 15) is 4.79 Å². The van der Waals surface area contributed by atoms with Gasteiger partial charge in [0.25, 0.3) is 0 Å². The van der Waals surface area contributed by atoms with Crippen LogP contribution in [0.15, 0.2) is 29.1 Å². The first-order chi connectivity index (χ1) is 9.65. The fourth-order valence-corrected chi connectivity index (χ4v) is 1.89. The molecule has 0 atom stereocenters. The molecule has 0 spiro atoms. The lowest BCUT2D eigenvalue weighted by Gasteiger charge is -2.08. The second kappa shape index (κ2) is 6.43. The average molecular weight is 295 g/mol. The SMILES string of the molecule is CCCOc1cc(-c2cc(OC)ccc2Cl)n[nH]c1=O. The largest absolute Gasteiger partial charge is 0.497 e. The standard InChI is InChI=1S/C14H15ClN2O3/c1-3-6-20-13-8-12(16-17-14(13)18)10-7-9(19-2)4-5-11(10)15/h4-5,7-8H,3,6H2,1-2H3,(H,17,18). The van der Waals surface area contributed by atoms with Crippen molar-refractivity contribution in [2.45, 2.75) is 13.3 Å². The van der Waals surface area contributed by atoms with Crippen molar-refractivity contribution < 1.29 is 9.47 Å². The molecule has 1 heterocycles. The van der Waals surface area contributed by atoms with Crippen LogP contribution < -0.4 is 15.0 Å². The van der Waals surface area contributed by atoms with Gasteiger partial charge in [0.15, 0.2) is 5.75 Å². The van der Waals surface area contributed by atoms with Crippen molar-refractivity contribution in [3.63, 3.8) is 0 Å². The Hall–Kier alpha value is -2.01. The molecular weight excluding hydrogens is 280 g/mol. The second-order valence-corrected chi connectivity index (χ2v) is 4.55. The Labute approximate surface area is 121 Å². The van der Waals surface area contributed by atoms with Crippen molar-refractivity contribution in [2.24, 2.45) is 0 Å². The fraction of sp³-hybridized carbons (Fsp3) is 0.286. The molecule has 20 heavy (non-hydrogen) atoms. The predicted molar refractivity (Wildman–Crippen MR) is 77.6 cm³/mol. The summed E-state index contributed by atoms with van der Waals surface area (Å²) in [5.74, 6) is 0.893. The lowest BCUT2D eigenvalue weighted by Crippen LogP contribution is -2.13. The Morgan fingerprint density at radius 3 is 2.85 bits per heavy atom. The molecule has 1 aromatic carbocycles. The molecule has 0 fully saturated rings. The molecule has 106 valence electrons. The molecule has 0 aliphatic rings. The van der Waals surface area contributed by atoms with Crippen LogP contribution in [0.3, 0.4) is 0 Å². The van der Waals surface area contributed by atoms with Crippen LogP contribution in [0.4, 0.5) is 0 Å². The molecule has 1 N–H and O–H groups in total. The molecule has 6 heteroatoms. The lowest BCUT2D eigenvalue weighted by molar-refractivity contribution is 0.312. The van der Waals surface area contributed by atoms with E-state index in [-0.39, 0.29) is 11.3 Å². The predicted octanol–water partition coefficient (Wildman–Crippen LogP) is 2.89. The van der Waals surface area contributed by atoms with E-state index < -0.39 is 0 Å². The number of rotatable bonds is 5. The molecule has 0 unspecified atom stereocenters. The monoisotopic (exact) mass is 294 g/mol. The summed E-state index contributed by atoms with van der Waals surface area (Å²) >= 11 is 6.16. The van der Waals surface area contributed by atoms with Crippen LogP contribution in [-0.2, 0) is 0 Å². The van der Waals surface area contributed by atoms with Crippen molar-refractivity contribution in [2.75, 3.05) is 13.7 Å². The van der Waals surface area contributed by atoms with Crippen molar-refractivity contribution in [3.8, 4) is 22.8 Å². The highest BCUT2D eigenvalue weighted by atomic mass is 35.5. The Morgan fingerprint density at radius 2 is 2.15 bits per heavy atom. The van der Waals surface area contributed by atoms with Crippen LogP contribution in [0, 0.1) is 0 Å². The van der Waals surface area contributed by atoms with Gasteiger partial charge >= 0.3 is 5.56 Å². The Bertz CT molecular complexity index is 655. The van der Waals surface area contributed by atoms with E-state index in [0.717, 1.165) is 6.42 Å². The summed E-state index contributed by atoms with van der Waals surface area (Å²) in [6.07, 6.45) is 0.816. The Morgan fingerprint density at radius 1 is 1.35 bits per heavy atom. The molecule has 2 rings (SSSR count). The minimum absolute atomic E-state index is 0.232. The summed E-state index contributed by atoms with van der Waals surface area (Å²) in [7, 11) is 1.57. The number of aromatic amines is 1. The molecule has 2 aromatic rings. The van der Waals surface area contributed by atoms with Gasteiger partial charge in [-0.25, -0.2) is 5.10 Å². The molecule has 0 aliphatic heterocycles. The van der Waals surface area contributed by atoms with Gasteiger partial charge in [-0.3, -0.25) is 4.79 Å². The van der Waals surface area contributed by atoms with Gasteiger partial charge in [0.2, 0.25) is 0 Å². The van der Waals surface area contributed by atoms with Crippen molar-refractivity contribution in [3.05, 3.63) is 39.6 Å². The minimum Gasteiger partial charge on any atom is -0.497 e. The highest BCUT2D eigenvalue weighted by Crippen LogP contribution is 2.30. The van der Waals surface area contributed by atoms with E-state index in [1.807, 2.05) is 6.92 Å². The summed E-state index contributed by atoms with van der Waals surface area (Å²) in [6.45, 7) is 2.44. The molecule has 0 radical (unpaired) electrons. The fourth-order valence-electron chi connectivity index (χ4n) is 1.67. The number of H-pyrrole nitrogens is 1. The molecule has 0 saturated carbocycles. The number of halogens is 1. The Kier molecular flexibility index (Phi) is 4.63. The van der Waals surface area contributed by atoms with Crippen LogP contribution in [0.25, 0.3) is 11.3 Å². The number of aromatic nitrogens is 2. The summed E-state index contributed by atoms with van der Waals surface area (Å²) < 4.78 is 10.5. The van der Waals surface area contributed by atoms with E-state index in [1.54, 1.807) is 31.4 Å². The second-order valence-electron chi connectivity index (χ2n) is 4.14. The maximum absolute atomic E-state index is 11.6. The van der Waals surface area contributed by atoms with Crippen LogP contribution in [0.5, 0.6) is 11.5 Å². The molecule has 0 saturated heterocycles. The van der Waals surface area contributed by atoms with Gasteiger partial charge in [-0.2, -0.15) is 5.10 Å². The quantitative estimate of drug-likeness (QED) is 0.921. The summed E-state index contributed by atoms with van der Waals surface area (Å²) in [4.78, 5) is 11.6. The summed E-state index contributed by atoms with van der Waals surface area (Å²) in [5, 5.41) is 6.93. The highest BCUT2D eigenvalue weighted by Gasteiger charge is 2.10. The maximum Gasteiger partial charge on any atom is 0.306 e. The summed E-state index contributed by atoms with van der Waals surface area (Å²) in [5.41, 5.74) is 0.837. The number of nitrogens with zero attached hydrogens (tertiary/aromatic N) is 1. The van der Waals surface area contributed by atoms with Crippen LogP contribution in [0.2, 0.25) is 5.02 Å². The van der Waals surface area contributed by atoms with Crippen LogP contribution >= 0.6 is 11.6 Å². The van der Waals surface area contributed by atoms with Crippen LogP contribution in [0.1, 0.15) is 13.3 Å². The normalized spacial score (nSPS) is 10.3. The van der Waals surface area contributed by atoms with Gasteiger partial charge < -0.3 is 9.47 Å². The molecule has 0 aliphatic carbocycles. The highest BCUT2D eigenvalue weighted by molar-refractivity contribution is 6.33. The van der Waals surface area contributed by atoms with Gasteiger partial charge in [-0.1, -0.05) is 18.5 Å². The van der Waals surface area contributed by atoms with E-state index in [4.69, 9.17) is 21.1 Å². The van der Waals surface area contributed by atoms with E-state index in [0.29, 0.717) is 28.6 Å². The van der Waals surface area contributed by atoms with Gasteiger partial charge in [-0.15, -0.1) is 0 Å². The molecule has 5 nitrogen and oxygen atoms in total. The first-order valence-electron chi connectivity index (χ1n) is 6.22. The Balaban J connectivity index is 2.44. The van der Waals surface area contributed by atoms with Gasteiger partial charge in [-0.05, 0) is 24.6 Å². The number of hydrogen-bond acceptors (Lipinski definition) is 4. The van der Waals surface area contributed by atoms with E-state index in [1.165, 1.54) is 0 Å². The third kappa shape index (κ3) is 3.11. The van der Waals surface area contributed by atoms with E-state index >= 15 is 0 Å².